The number of para-hydroxylation sites is 4. The van der Waals surface area contributed by atoms with Gasteiger partial charge in [0.25, 0.3) is 11.8 Å². The lowest BCUT2D eigenvalue weighted by atomic mass is 9.79. The summed E-state index contributed by atoms with van der Waals surface area (Å²) in [6.07, 6.45) is 0. The number of hydrogen-bond donors (Lipinski definition) is 3. The summed E-state index contributed by atoms with van der Waals surface area (Å²) in [5.41, 5.74) is 3.63. The molecule has 0 unspecified atom stereocenters. The van der Waals surface area contributed by atoms with Crippen LogP contribution in [0.5, 0.6) is 11.5 Å². The number of dihydropyridines is 1. The van der Waals surface area contributed by atoms with Gasteiger partial charge in [0.1, 0.15) is 11.5 Å². The first-order valence-corrected chi connectivity index (χ1v) is 12.0. The van der Waals surface area contributed by atoms with E-state index < -0.39 is 5.92 Å². The maximum absolute atomic E-state index is 13.8. The van der Waals surface area contributed by atoms with Gasteiger partial charge in [0.2, 0.25) is 0 Å². The van der Waals surface area contributed by atoms with Crippen molar-refractivity contribution in [2.45, 2.75) is 19.8 Å². The monoisotopic (exact) mass is 517 g/mol. The van der Waals surface area contributed by atoms with Gasteiger partial charge in [0, 0.05) is 33.5 Å². The van der Waals surface area contributed by atoms with E-state index in [0.717, 1.165) is 0 Å². The summed E-state index contributed by atoms with van der Waals surface area (Å²) in [7, 11) is 3.08. The zero-order valence-electron chi connectivity index (χ0n) is 21.0. The summed E-state index contributed by atoms with van der Waals surface area (Å²) >= 11 is 6.64. The number of carbonyl (C=O) groups excluding carboxylic acids is 2. The van der Waals surface area contributed by atoms with E-state index in [9.17, 15) is 9.59 Å². The summed E-state index contributed by atoms with van der Waals surface area (Å²) in [6, 6.07) is 21.5. The van der Waals surface area contributed by atoms with E-state index in [-0.39, 0.29) is 11.8 Å². The third-order valence-electron chi connectivity index (χ3n) is 6.18. The number of nitrogens with one attached hydrogen (secondary N) is 3. The Labute approximate surface area is 221 Å². The molecular weight excluding hydrogens is 490 g/mol. The highest BCUT2D eigenvalue weighted by atomic mass is 35.5. The quantitative estimate of drug-likeness (QED) is 0.365. The van der Waals surface area contributed by atoms with Crippen LogP contribution in [0.1, 0.15) is 25.3 Å². The molecule has 190 valence electrons. The zero-order chi connectivity index (χ0) is 26.5. The molecule has 3 aromatic rings. The number of hydrogen-bond acceptors (Lipinski definition) is 5. The maximum atomic E-state index is 13.8. The fourth-order valence-electron chi connectivity index (χ4n) is 4.49. The molecule has 1 aliphatic heterocycles. The van der Waals surface area contributed by atoms with Gasteiger partial charge in [0.15, 0.2) is 0 Å². The van der Waals surface area contributed by atoms with Crippen LogP contribution in [-0.4, -0.2) is 26.0 Å². The Hall–Kier alpha value is -4.23. The van der Waals surface area contributed by atoms with Gasteiger partial charge in [-0.1, -0.05) is 54.1 Å². The van der Waals surface area contributed by atoms with Gasteiger partial charge in [-0.15, -0.1) is 0 Å². The van der Waals surface area contributed by atoms with E-state index in [2.05, 4.69) is 16.0 Å². The van der Waals surface area contributed by atoms with Crippen molar-refractivity contribution in [1.29, 1.82) is 0 Å². The van der Waals surface area contributed by atoms with Crippen LogP contribution in [0, 0.1) is 0 Å². The normalized spacial score (nSPS) is 13.6. The molecule has 0 saturated heterocycles. The minimum atomic E-state index is -0.737. The van der Waals surface area contributed by atoms with Crippen LogP contribution in [0.25, 0.3) is 0 Å². The molecule has 1 aliphatic rings. The van der Waals surface area contributed by atoms with E-state index in [1.807, 2.05) is 30.3 Å². The maximum Gasteiger partial charge on any atom is 0.254 e. The Bertz CT molecular complexity index is 1330. The van der Waals surface area contributed by atoms with Crippen LogP contribution in [0.4, 0.5) is 11.4 Å². The molecule has 3 N–H and O–H groups in total. The first-order valence-electron chi connectivity index (χ1n) is 11.7. The third-order valence-corrected chi connectivity index (χ3v) is 6.52. The molecule has 3 aromatic carbocycles. The van der Waals surface area contributed by atoms with Crippen molar-refractivity contribution >= 4 is 34.8 Å². The first-order chi connectivity index (χ1) is 17.8. The molecule has 0 radical (unpaired) electrons. The Balaban J connectivity index is 1.79. The minimum absolute atomic E-state index is 0.370. The van der Waals surface area contributed by atoms with Gasteiger partial charge in [-0.3, -0.25) is 9.59 Å². The van der Waals surface area contributed by atoms with E-state index in [1.54, 1.807) is 56.3 Å². The molecule has 8 heteroatoms. The highest BCUT2D eigenvalue weighted by Gasteiger charge is 2.37. The summed E-state index contributed by atoms with van der Waals surface area (Å²) in [4.78, 5) is 27.6. The molecule has 2 amide bonds. The lowest BCUT2D eigenvalue weighted by Gasteiger charge is -2.32. The number of halogens is 1. The predicted octanol–water partition coefficient (Wildman–Crippen LogP) is 5.87. The summed E-state index contributed by atoms with van der Waals surface area (Å²) in [6.45, 7) is 3.61. The molecule has 37 heavy (non-hydrogen) atoms. The van der Waals surface area contributed by atoms with Crippen molar-refractivity contribution in [2.75, 3.05) is 24.9 Å². The fraction of sp³-hybridized carbons (Fsp3) is 0.172. The predicted molar refractivity (Wildman–Crippen MR) is 146 cm³/mol. The highest BCUT2D eigenvalue weighted by molar-refractivity contribution is 6.31. The van der Waals surface area contributed by atoms with Gasteiger partial charge in [-0.05, 0) is 49.7 Å². The number of anilines is 2. The Kier molecular flexibility index (Phi) is 7.84. The van der Waals surface area contributed by atoms with Crippen molar-refractivity contribution in [1.82, 2.24) is 5.32 Å². The van der Waals surface area contributed by atoms with Crippen LogP contribution >= 0.6 is 11.6 Å². The topological polar surface area (TPSA) is 88.7 Å². The smallest absolute Gasteiger partial charge is 0.254 e. The van der Waals surface area contributed by atoms with Gasteiger partial charge in [0.05, 0.1) is 25.6 Å². The minimum Gasteiger partial charge on any atom is -0.495 e. The van der Waals surface area contributed by atoms with E-state index in [0.29, 0.717) is 56.0 Å². The molecule has 0 spiro atoms. The number of rotatable bonds is 7. The van der Waals surface area contributed by atoms with Gasteiger partial charge >= 0.3 is 0 Å². The fourth-order valence-corrected chi connectivity index (χ4v) is 4.74. The highest BCUT2D eigenvalue weighted by Crippen LogP contribution is 2.42. The van der Waals surface area contributed by atoms with Crippen LogP contribution in [0.2, 0.25) is 5.02 Å². The Morgan fingerprint density at radius 3 is 1.62 bits per heavy atom. The number of benzene rings is 3. The Morgan fingerprint density at radius 2 is 1.16 bits per heavy atom. The molecule has 0 saturated carbocycles. The molecule has 0 fully saturated rings. The van der Waals surface area contributed by atoms with Crippen LogP contribution in [0.15, 0.2) is 95.3 Å². The molecular formula is C29H28ClN3O4. The van der Waals surface area contributed by atoms with Crippen LogP contribution < -0.4 is 25.4 Å². The van der Waals surface area contributed by atoms with E-state index in [1.165, 1.54) is 14.2 Å². The third kappa shape index (κ3) is 5.32. The van der Waals surface area contributed by atoms with Crippen LogP contribution in [0.3, 0.4) is 0 Å². The number of amides is 2. The average molecular weight is 518 g/mol. The number of ether oxygens (including phenoxy) is 2. The number of methoxy groups -OCH3 is 2. The summed E-state index contributed by atoms with van der Waals surface area (Å²) < 4.78 is 10.8. The second kappa shape index (κ2) is 11.2. The second-order valence-corrected chi connectivity index (χ2v) is 8.87. The largest absolute Gasteiger partial charge is 0.495 e. The lowest BCUT2D eigenvalue weighted by Crippen LogP contribution is -2.35. The van der Waals surface area contributed by atoms with E-state index >= 15 is 0 Å². The summed E-state index contributed by atoms with van der Waals surface area (Å²) in [5.74, 6) is -0.454. The van der Waals surface area contributed by atoms with Gasteiger partial charge in [-0.25, -0.2) is 0 Å². The standard InChI is InChI=1S/C29H28ClN3O4/c1-17-25(28(34)32-21-13-7-9-15-23(21)36-3)27(19-11-5-6-12-20(19)30)26(18(2)31-17)29(35)33-22-14-8-10-16-24(22)37-4/h5-16,27,31H,1-4H3,(H,32,34)(H,33,35). The molecule has 0 atom stereocenters. The molecule has 4 rings (SSSR count). The Morgan fingerprint density at radius 1 is 0.730 bits per heavy atom. The average Bonchev–Trinajstić information content (AvgIpc) is 2.89. The SMILES string of the molecule is COc1ccccc1NC(=O)C1=C(C)NC(C)=C(C(=O)Nc2ccccc2OC)C1c1ccccc1Cl. The first kappa shape index (κ1) is 25.9. The molecule has 0 bridgehead atoms. The van der Waals surface area contributed by atoms with Crippen LogP contribution in [-0.2, 0) is 9.59 Å². The summed E-state index contributed by atoms with van der Waals surface area (Å²) in [5, 5.41) is 9.55. The lowest BCUT2D eigenvalue weighted by molar-refractivity contribution is -0.113. The van der Waals surface area contributed by atoms with Crippen molar-refractivity contribution < 1.29 is 19.1 Å². The molecule has 7 nitrogen and oxygen atoms in total. The van der Waals surface area contributed by atoms with E-state index in [4.69, 9.17) is 21.1 Å². The van der Waals surface area contributed by atoms with Gasteiger partial charge in [-0.2, -0.15) is 0 Å². The van der Waals surface area contributed by atoms with Crippen molar-refractivity contribution in [3.63, 3.8) is 0 Å². The van der Waals surface area contributed by atoms with Crippen molar-refractivity contribution in [2.24, 2.45) is 0 Å². The number of carbonyl (C=O) groups is 2. The molecule has 1 heterocycles. The van der Waals surface area contributed by atoms with Gasteiger partial charge < -0.3 is 25.4 Å². The molecule has 0 aromatic heterocycles. The molecule has 0 aliphatic carbocycles. The van der Waals surface area contributed by atoms with Crippen molar-refractivity contribution in [3.05, 3.63) is 106 Å². The zero-order valence-corrected chi connectivity index (χ0v) is 21.8. The van der Waals surface area contributed by atoms with Crippen molar-refractivity contribution in [3.8, 4) is 11.5 Å². The number of allylic oxidation sites excluding steroid dienone is 2. The second-order valence-electron chi connectivity index (χ2n) is 8.47.